The van der Waals surface area contributed by atoms with Crippen molar-refractivity contribution in [1.29, 1.82) is 0 Å². The van der Waals surface area contributed by atoms with E-state index in [0.717, 1.165) is 25.3 Å². The summed E-state index contributed by atoms with van der Waals surface area (Å²) in [5.74, 6) is -1.14. The van der Waals surface area contributed by atoms with Gasteiger partial charge in [0.1, 0.15) is 11.6 Å². The molecule has 1 aromatic carbocycles. The number of benzene rings is 1. The van der Waals surface area contributed by atoms with Crippen LogP contribution in [0.2, 0.25) is 0 Å². The second-order valence-corrected chi connectivity index (χ2v) is 8.86. The smallest absolute Gasteiger partial charge is 0.151 e. The molecule has 2 aliphatic rings. The van der Waals surface area contributed by atoms with E-state index >= 15 is 0 Å². The first-order valence-corrected chi connectivity index (χ1v) is 9.95. The normalized spacial score (nSPS) is 28.5. The van der Waals surface area contributed by atoms with Crippen molar-refractivity contribution in [3.8, 4) is 0 Å². The summed E-state index contributed by atoms with van der Waals surface area (Å²) in [4.78, 5) is 1.89. The highest BCUT2D eigenvalue weighted by atomic mass is 32.2. The van der Waals surface area contributed by atoms with Gasteiger partial charge in [-0.15, -0.1) is 0 Å². The van der Waals surface area contributed by atoms with Gasteiger partial charge in [0.05, 0.1) is 10.9 Å². The Morgan fingerprint density at radius 2 is 2.00 bits per heavy atom. The lowest BCUT2D eigenvalue weighted by Crippen LogP contribution is -2.46. The molecule has 0 bridgehead atoms. The Balaban J connectivity index is 1.64. The van der Waals surface area contributed by atoms with E-state index in [2.05, 4.69) is 5.32 Å². The molecule has 2 fully saturated rings. The number of nitrogens with one attached hydrogen (secondary N) is 1. The first kappa shape index (κ1) is 16.6. The van der Waals surface area contributed by atoms with Crippen LogP contribution in [0.25, 0.3) is 0 Å². The molecule has 3 rings (SSSR count). The first-order valence-electron chi connectivity index (χ1n) is 7.99. The lowest BCUT2D eigenvalue weighted by atomic mass is 10.2. The average molecular weight is 344 g/mol. The minimum atomic E-state index is -3.05. The average Bonchev–Trinajstić information content (AvgIpc) is 3.08. The number of nitrogens with zero attached hydrogens (tertiary/aromatic N) is 1. The van der Waals surface area contributed by atoms with Crippen LogP contribution < -0.4 is 10.2 Å². The maximum atomic E-state index is 13.9. The number of rotatable bonds is 4. The number of hydrogen-bond donors (Lipinski definition) is 1. The Morgan fingerprint density at radius 1 is 1.22 bits per heavy atom. The summed E-state index contributed by atoms with van der Waals surface area (Å²) in [5.41, 5.74) is 0.404. The van der Waals surface area contributed by atoms with Gasteiger partial charge in [-0.05, 0) is 31.4 Å². The van der Waals surface area contributed by atoms with E-state index in [-0.39, 0.29) is 17.3 Å². The van der Waals surface area contributed by atoms with Crippen LogP contribution in [0.1, 0.15) is 25.7 Å². The Bertz CT molecular complexity index is 681. The molecule has 0 radical (unpaired) electrons. The fraction of sp³-hybridized carbons (Fsp3) is 0.625. The summed E-state index contributed by atoms with van der Waals surface area (Å²) in [6, 6.07) is 3.73. The zero-order valence-corrected chi connectivity index (χ0v) is 14.0. The predicted octanol–water partition coefficient (Wildman–Crippen LogP) is 2.10. The molecule has 1 saturated carbocycles. The van der Waals surface area contributed by atoms with Gasteiger partial charge in [-0.1, -0.05) is 6.42 Å². The zero-order chi connectivity index (χ0) is 16.6. The van der Waals surface area contributed by atoms with Gasteiger partial charge in [0.2, 0.25) is 0 Å². The summed E-state index contributed by atoms with van der Waals surface area (Å²) in [7, 11) is -3.05. The molecule has 3 atom stereocenters. The van der Waals surface area contributed by atoms with E-state index in [1.807, 2.05) is 4.90 Å². The SMILES string of the molecule is CS(=O)(=O)[C@@H]1CCC[C@@H]1N[C@H]1CCN(c2ccc(F)cc2F)C1. The first-order chi connectivity index (χ1) is 10.8. The van der Waals surface area contributed by atoms with Gasteiger partial charge in [0.15, 0.2) is 9.84 Å². The van der Waals surface area contributed by atoms with Crippen molar-refractivity contribution in [2.75, 3.05) is 24.2 Å². The third kappa shape index (κ3) is 3.66. The topological polar surface area (TPSA) is 49.4 Å². The monoisotopic (exact) mass is 344 g/mol. The Kier molecular flexibility index (Phi) is 4.60. The lowest BCUT2D eigenvalue weighted by Gasteiger charge is -2.24. The van der Waals surface area contributed by atoms with Gasteiger partial charge in [0.25, 0.3) is 0 Å². The third-order valence-electron chi connectivity index (χ3n) is 4.89. The molecule has 7 heteroatoms. The lowest BCUT2D eigenvalue weighted by molar-refractivity contribution is 0.447. The van der Waals surface area contributed by atoms with E-state index in [4.69, 9.17) is 0 Å². The second-order valence-electron chi connectivity index (χ2n) is 6.60. The number of halogens is 2. The van der Waals surface area contributed by atoms with Crippen LogP contribution in [-0.4, -0.2) is 45.1 Å². The Hall–Kier alpha value is -1.21. The van der Waals surface area contributed by atoms with Crippen molar-refractivity contribution in [1.82, 2.24) is 5.32 Å². The summed E-state index contributed by atoms with van der Waals surface area (Å²) in [6.07, 6.45) is 4.60. The molecular formula is C16H22F2N2O2S. The second kappa shape index (κ2) is 6.36. The molecule has 0 spiro atoms. The van der Waals surface area contributed by atoms with Gasteiger partial charge >= 0.3 is 0 Å². The van der Waals surface area contributed by atoms with Crippen molar-refractivity contribution in [3.05, 3.63) is 29.8 Å². The van der Waals surface area contributed by atoms with Crippen LogP contribution in [0.5, 0.6) is 0 Å². The molecule has 0 amide bonds. The largest absolute Gasteiger partial charge is 0.368 e. The highest BCUT2D eigenvalue weighted by Crippen LogP contribution is 2.28. The zero-order valence-electron chi connectivity index (χ0n) is 13.1. The molecule has 4 nitrogen and oxygen atoms in total. The highest BCUT2D eigenvalue weighted by Gasteiger charge is 2.37. The van der Waals surface area contributed by atoms with Crippen molar-refractivity contribution in [2.24, 2.45) is 0 Å². The van der Waals surface area contributed by atoms with Crippen molar-refractivity contribution < 1.29 is 17.2 Å². The number of hydrogen-bond acceptors (Lipinski definition) is 4. The quantitative estimate of drug-likeness (QED) is 0.909. The molecule has 1 saturated heterocycles. The molecule has 1 aliphatic carbocycles. The Morgan fingerprint density at radius 3 is 2.70 bits per heavy atom. The van der Waals surface area contributed by atoms with Crippen LogP contribution in [0.4, 0.5) is 14.5 Å². The van der Waals surface area contributed by atoms with E-state index in [0.29, 0.717) is 25.2 Å². The van der Waals surface area contributed by atoms with Gasteiger partial charge in [-0.2, -0.15) is 0 Å². The van der Waals surface area contributed by atoms with Crippen LogP contribution in [0.3, 0.4) is 0 Å². The van der Waals surface area contributed by atoms with Crippen LogP contribution in [0.15, 0.2) is 18.2 Å². The molecule has 0 unspecified atom stereocenters. The molecule has 1 N–H and O–H groups in total. The molecule has 128 valence electrons. The van der Waals surface area contributed by atoms with E-state index in [1.54, 1.807) is 0 Å². The third-order valence-corrected chi connectivity index (χ3v) is 6.56. The van der Waals surface area contributed by atoms with Gasteiger partial charge in [-0.3, -0.25) is 0 Å². The number of anilines is 1. The Labute approximate surface area is 135 Å². The molecule has 1 heterocycles. The van der Waals surface area contributed by atoms with Crippen molar-refractivity contribution in [3.63, 3.8) is 0 Å². The molecule has 23 heavy (non-hydrogen) atoms. The fourth-order valence-corrected chi connectivity index (χ4v) is 5.19. The maximum absolute atomic E-state index is 13.9. The molecule has 1 aromatic rings. The van der Waals surface area contributed by atoms with E-state index in [9.17, 15) is 17.2 Å². The number of sulfone groups is 1. The molecule has 0 aromatic heterocycles. The summed E-state index contributed by atoms with van der Waals surface area (Å²) in [6.45, 7) is 1.28. The minimum Gasteiger partial charge on any atom is -0.368 e. The standard InChI is InChI=1S/C16H22F2N2O2S/c1-23(21,22)16-4-2-3-14(16)19-12-7-8-20(10-12)15-6-5-11(17)9-13(15)18/h5-6,9,12,14,16,19H,2-4,7-8,10H2,1H3/t12-,14-,16+/m0/s1. The van der Waals surface area contributed by atoms with Crippen molar-refractivity contribution in [2.45, 2.75) is 43.0 Å². The van der Waals surface area contributed by atoms with Crippen LogP contribution in [0, 0.1) is 11.6 Å². The molecular weight excluding hydrogens is 322 g/mol. The van der Waals surface area contributed by atoms with E-state index in [1.165, 1.54) is 18.4 Å². The van der Waals surface area contributed by atoms with Crippen LogP contribution in [-0.2, 0) is 9.84 Å². The van der Waals surface area contributed by atoms with Crippen molar-refractivity contribution >= 4 is 15.5 Å². The predicted molar refractivity (Wildman–Crippen MR) is 86.4 cm³/mol. The summed E-state index contributed by atoms with van der Waals surface area (Å²) >= 11 is 0. The van der Waals surface area contributed by atoms with Crippen LogP contribution >= 0.6 is 0 Å². The van der Waals surface area contributed by atoms with Gasteiger partial charge in [-0.25, -0.2) is 17.2 Å². The minimum absolute atomic E-state index is 0.0204. The van der Waals surface area contributed by atoms with E-state index < -0.39 is 21.5 Å². The van der Waals surface area contributed by atoms with Gasteiger partial charge in [0, 0.05) is 37.5 Å². The summed E-state index contributed by atoms with van der Waals surface area (Å²) < 4.78 is 50.6. The maximum Gasteiger partial charge on any atom is 0.151 e. The summed E-state index contributed by atoms with van der Waals surface area (Å²) in [5, 5.41) is 3.13. The molecule has 1 aliphatic heterocycles. The highest BCUT2D eigenvalue weighted by molar-refractivity contribution is 7.91. The van der Waals surface area contributed by atoms with Gasteiger partial charge < -0.3 is 10.2 Å². The fourth-order valence-electron chi connectivity index (χ4n) is 3.78.